The SMILES string of the molecule is Cc1ccc2nnc(C3CCN(c4cc5c(nn4)CCC5)CC3)n2n1. The lowest BCUT2D eigenvalue weighted by Gasteiger charge is -2.31. The van der Waals surface area contributed by atoms with Crippen molar-refractivity contribution in [2.75, 3.05) is 18.0 Å². The second-order valence-electron chi connectivity index (χ2n) is 7.09. The Hall–Kier alpha value is -2.57. The number of aromatic nitrogens is 6. The molecular weight excluding hydrogens is 314 g/mol. The molecule has 0 saturated carbocycles. The molecule has 25 heavy (non-hydrogen) atoms. The van der Waals surface area contributed by atoms with Gasteiger partial charge in [0.25, 0.3) is 0 Å². The van der Waals surface area contributed by atoms with Crippen LogP contribution in [0.1, 0.15) is 48.0 Å². The Morgan fingerprint density at radius 2 is 1.88 bits per heavy atom. The van der Waals surface area contributed by atoms with Crippen LogP contribution in [0.4, 0.5) is 5.82 Å². The van der Waals surface area contributed by atoms with Crippen LogP contribution in [0.15, 0.2) is 18.2 Å². The Balaban J connectivity index is 1.35. The molecule has 0 atom stereocenters. The van der Waals surface area contributed by atoms with Gasteiger partial charge in [0, 0.05) is 19.0 Å². The number of nitrogens with zero attached hydrogens (tertiary/aromatic N) is 7. The van der Waals surface area contributed by atoms with Gasteiger partial charge in [-0.25, -0.2) is 0 Å². The first kappa shape index (κ1) is 14.7. The number of hydrogen-bond donors (Lipinski definition) is 0. The summed E-state index contributed by atoms with van der Waals surface area (Å²) < 4.78 is 1.91. The average molecular weight is 335 g/mol. The molecule has 7 heteroatoms. The van der Waals surface area contributed by atoms with Crippen LogP contribution in [0.5, 0.6) is 0 Å². The summed E-state index contributed by atoms with van der Waals surface area (Å²) in [7, 11) is 0. The topological polar surface area (TPSA) is 72.1 Å². The first-order valence-electron chi connectivity index (χ1n) is 9.07. The van der Waals surface area contributed by atoms with Gasteiger partial charge in [-0.15, -0.1) is 15.3 Å². The van der Waals surface area contributed by atoms with E-state index in [0.717, 1.165) is 61.8 Å². The molecule has 1 aliphatic carbocycles. The highest BCUT2D eigenvalue weighted by atomic mass is 15.4. The third-order valence-electron chi connectivity index (χ3n) is 5.41. The van der Waals surface area contributed by atoms with Gasteiger partial charge < -0.3 is 4.90 Å². The second kappa shape index (κ2) is 5.75. The minimum Gasteiger partial charge on any atom is -0.355 e. The van der Waals surface area contributed by atoms with E-state index in [0.29, 0.717) is 5.92 Å². The molecule has 3 aromatic heterocycles. The fourth-order valence-electron chi connectivity index (χ4n) is 3.99. The molecule has 1 aliphatic heterocycles. The van der Waals surface area contributed by atoms with Crippen LogP contribution in [-0.2, 0) is 12.8 Å². The van der Waals surface area contributed by atoms with Crippen LogP contribution < -0.4 is 4.90 Å². The van der Waals surface area contributed by atoms with E-state index >= 15 is 0 Å². The Labute approximate surface area is 146 Å². The summed E-state index contributed by atoms with van der Waals surface area (Å²) in [4.78, 5) is 2.35. The van der Waals surface area contributed by atoms with Crippen LogP contribution in [0.25, 0.3) is 5.65 Å². The molecule has 0 unspecified atom stereocenters. The van der Waals surface area contributed by atoms with Gasteiger partial charge in [0.05, 0.1) is 11.4 Å². The average Bonchev–Trinajstić information content (AvgIpc) is 3.27. The summed E-state index contributed by atoms with van der Waals surface area (Å²) >= 11 is 0. The van der Waals surface area contributed by atoms with Gasteiger partial charge in [0.15, 0.2) is 17.3 Å². The standard InChI is InChI=1S/C18H21N7/c1-12-5-6-16-20-22-18(25(16)23-12)13-7-9-24(10-8-13)17-11-14-3-2-4-15(14)19-21-17/h5-6,11,13H,2-4,7-10H2,1H3. The fraction of sp³-hybridized carbons (Fsp3) is 0.500. The molecule has 0 amide bonds. The molecule has 0 radical (unpaired) electrons. The second-order valence-corrected chi connectivity index (χ2v) is 7.09. The van der Waals surface area contributed by atoms with Crippen molar-refractivity contribution >= 4 is 11.5 Å². The molecule has 7 nitrogen and oxygen atoms in total. The van der Waals surface area contributed by atoms with Crippen LogP contribution in [0, 0.1) is 6.92 Å². The van der Waals surface area contributed by atoms with Gasteiger partial charge in [0.1, 0.15) is 0 Å². The molecule has 0 bridgehead atoms. The fourth-order valence-corrected chi connectivity index (χ4v) is 3.99. The Bertz CT molecular complexity index is 924. The van der Waals surface area contributed by atoms with Crippen LogP contribution in [-0.4, -0.2) is 43.1 Å². The molecule has 3 aromatic rings. The van der Waals surface area contributed by atoms with Crippen LogP contribution in [0.2, 0.25) is 0 Å². The zero-order valence-corrected chi connectivity index (χ0v) is 14.4. The van der Waals surface area contributed by atoms with E-state index in [4.69, 9.17) is 0 Å². The van der Waals surface area contributed by atoms with E-state index < -0.39 is 0 Å². The summed E-state index contributed by atoms with van der Waals surface area (Å²) in [5.74, 6) is 2.40. The van der Waals surface area contributed by atoms with Crippen molar-refractivity contribution in [2.24, 2.45) is 0 Å². The third-order valence-corrected chi connectivity index (χ3v) is 5.41. The maximum Gasteiger partial charge on any atom is 0.177 e. The molecule has 1 saturated heterocycles. The van der Waals surface area contributed by atoms with E-state index in [1.54, 1.807) is 0 Å². The minimum atomic E-state index is 0.392. The quantitative estimate of drug-likeness (QED) is 0.714. The first-order valence-corrected chi connectivity index (χ1v) is 9.07. The molecule has 0 spiro atoms. The highest BCUT2D eigenvalue weighted by Gasteiger charge is 2.26. The summed E-state index contributed by atoms with van der Waals surface area (Å²) in [6.45, 7) is 3.94. The maximum absolute atomic E-state index is 4.58. The highest BCUT2D eigenvalue weighted by molar-refractivity contribution is 5.43. The Kier molecular flexibility index (Phi) is 3.39. The third kappa shape index (κ3) is 2.54. The van der Waals surface area contributed by atoms with Gasteiger partial charge in [-0.1, -0.05) is 0 Å². The molecule has 5 rings (SSSR count). The smallest absolute Gasteiger partial charge is 0.177 e. The number of rotatable bonds is 2. The lowest BCUT2D eigenvalue weighted by molar-refractivity contribution is 0.473. The molecule has 0 aromatic carbocycles. The van der Waals surface area contributed by atoms with Crippen LogP contribution in [0.3, 0.4) is 0 Å². The molecular formula is C18H21N7. The largest absolute Gasteiger partial charge is 0.355 e. The summed E-state index contributed by atoms with van der Waals surface area (Å²) in [6, 6.07) is 6.20. The van der Waals surface area contributed by atoms with E-state index in [1.165, 1.54) is 17.7 Å². The van der Waals surface area contributed by atoms with Crippen molar-refractivity contribution in [3.05, 3.63) is 41.0 Å². The van der Waals surface area contributed by atoms with Crippen molar-refractivity contribution in [1.29, 1.82) is 0 Å². The van der Waals surface area contributed by atoms with Crippen LogP contribution >= 0.6 is 0 Å². The first-order chi connectivity index (χ1) is 12.3. The van der Waals surface area contributed by atoms with E-state index in [-0.39, 0.29) is 0 Å². The number of fused-ring (bicyclic) bond motifs is 2. The number of piperidine rings is 1. The zero-order valence-electron chi connectivity index (χ0n) is 14.4. The maximum atomic E-state index is 4.58. The van der Waals surface area contributed by atoms with Crippen molar-refractivity contribution in [1.82, 2.24) is 30.0 Å². The lowest BCUT2D eigenvalue weighted by Crippen LogP contribution is -2.34. The van der Waals surface area contributed by atoms with E-state index in [2.05, 4.69) is 36.5 Å². The molecule has 2 aliphatic rings. The van der Waals surface area contributed by atoms with Gasteiger partial charge in [-0.2, -0.15) is 14.7 Å². The minimum absolute atomic E-state index is 0.392. The molecule has 4 heterocycles. The van der Waals surface area contributed by atoms with Crippen molar-refractivity contribution in [2.45, 2.75) is 44.9 Å². The summed E-state index contributed by atoms with van der Waals surface area (Å²) in [5, 5.41) is 22.1. The monoisotopic (exact) mass is 335 g/mol. The number of aryl methyl sites for hydroxylation is 3. The van der Waals surface area contributed by atoms with Crippen molar-refractivity contribution < 1.29 is 0 Å². The van der Waals surface area contributed by atoms with Gasteiger partial charge in [-0.3, -0.25) is 0 Å². The van der Waals surface area contributed by atoms with Gasteiger partial charge >= 0.3 is 0 Å². The Morgan fingerprint density at radius 1 is 1.00 bits per heavy atom. The molecule has 1 fully saturated rings. The predicted molar refractivity (Wildman–Crippen MR) is 93.8 cm³/mol. The molecule has 0 N–H and O–H groups in total. The Morgan fingerprint density at radius 3 is 2.76 bits per heavy atom. The summed E-state index contributed by atoms with van der Waals surface area (Å²) in [6.07, 6.45) is 5.51. The normalized spacial score (nSPS) is 18.0. The zero-order chi connectivity index (χ0) is 16.8. The highest BCUT2D eigenvalue weighted by Crippen LogP contribution is 2.30. The molecule has 128 valence electrons. The van der Waals surface area contributed by atoms with E-state index in [9.17, 15) is 0 Å². The predicted octanol–water partition coefficient (Wildman–Crippen LogP) is 2.10. The van der Waals surface area contributed by atoms with E-state index in [1.807, 2.05) is 23.6 Å². The number of hydrogen-bond acceptors (Lipinski definition) is 6. The van der Waals surface area contributed by atoms with Gasteiger partial charge in [0.2, 0.25) is 0 Å². The van der Waals surface area contributed by atoms with Crippen molar-refractivity contribution in [3.8, 4) is 0 Å². The number of anilines is 1. The lowest BCUT2D eigenvalue weighted by atomic mass is 9.96. The van der Waals surface area contributed by atoms with Crippen molar-refractivity contribution in [3.63, 3.8) is 0 Å². The van der Waals surface area contributed by atoms with Gasteiger partial charge in [-0.05, 0) is 62.8 Å². The summed E-state index contributed by atoms with van der Waals surface area (Å²) in [5.41, 5.74) is 4.39.